The zero-order chi connectivity index (χ0) is 7.56. The first-order valence-electron chi connectivity index (χ1n) is 2.70. The van der Waals surface area contributed by atoms with Crippen LogP contribution in [0, 0.1) is 6.92 Å². The number of carbonyl (C=O) groups is 1. The van der Waals surface area contributed by atoms with E-state index in [9.17, 15) is 4.79 Å². The highest BCUT2D eigenvalue weighted by molar-refractivity contribution is 7.05. The van der Waals surface area contributed by atoms with Gasteiger partial charge in [0.1, 0.15) is 0 Å². The molecule has 54 valence electrons. The van der Waals surface area contributed by atoms with E-state index in [4.69, 9.17) is 5.11 Å². The number of carboxylic acids is 1. The van der Waals surface area contributed by atoms with E-state index in [0.717, 1.165) is 16.4 Å². The fourth-order valence-electron chi connectivity index (χ4n) is 0.550. The van der Waals surface area contributed by atoms with Gasteiger partial charge in [-0.05, 0) is 18.5 Å². The van der Waals surface area contributed by atoms with Crippen molar-refractivity contribution in [3.63, 3.8) is 0 Å². The lowest BCUT2D eigenvalue weighted by Gasteiger charge is -1.87. The molecule has 0 amide bonds. The summed E-state index contributed by atoms with van der Waals surface area (Å²) in [6.45, 7) is 1.75. The van der Waals surface area contributed by atoms with Crippen LogP contribution in [-0.2, 0) is 11.2 Å². The summed E-state index contributed by atoms with van der Waals surface area (Å²) >= 11 is 1.14. The Bertz CT molecular complexity index is 246. The van der Waals surface area contributed by atoms with E-state index in [-0.39, 0.29) is 6.42 Å². The monoisotopic (exact) mass is 158 g/mol. The van der Waals surface area contributed by atoms with Crippen molar-refractivity contribution >= 4 is 17.5 Å². The summed E-state index contributed by atoms with van der Waals surface area (Å²) in [6, 6.07) is 0. The van der Waals surface area contributed by atoms with Crippen LogP contribution < -0.4 is 0 Å². The molecule has 1 aromatic heterocycles. The lowest BCUT2D eigenvalue weighted by atomic mass is 10.3. The van der Waals surface area contributed by atoms with Gasteiger partial charge in [-0.15, -0.1) is 5.10 Å². The molecule has 0 bridgehead atoms. The quantitative estimate of drug-likeness (QED) is 0.679. The zero-order valence-corrected chi connectivity index (χ0v) is 6.18. The molecule has 1 rings (SSSR count). The Kier molecular flexibility index (Phi) is 1.96. The number of nitrogens with zero attached hydrogens (tertiary/aromatic N) is 2. The molecule has 0 aliphatic carbocycles. The highest BCUT2D eigenvalue weighted by Crippen LogP contribution is 2.08. The molecule has 0 spiro atoms. The van der Waals surface area contributed by atoms with Crippen molar-refractivity contribution in [3.8, 4) is 0 Å². The van der Waals surface area contributed by atoms with Gasteiger partial charge in [0.2, 0.25) is 0 Å². The van der Waals surface area contributed by atoms with Crippen LogP contribution >= 0.6 is 11.5 Å². The van der Waals surface area contributed by atoms with Crippen molar-refractivity contribution < 1.29 is 9.90 Å². The minimum Gasteiger partial charge on any atom is -0.481 e. The van der Waals surface area contributed by atoms with Crippen LogP contribution in [0.3, 0.4) is 0 Å². The van der Waals surface area contributed by atoms with Crippen LogP contribution in [0.1, 0.15) is 10.6 Å². The van der Waals surface area contributed by atoms with Crippen LogP contribution in [0.5, 0.6) is 0 Å². The lowest BCUT2D eigenvalue weighted by molar-refractivity contribution is -0.136. The van der Waals surface area contributed by atoms with E-state index in [1.807, 2.05) is 0 Å². The first-order chi connectivity index (χ1) is 4.70. The number of aromatic nitrogens is 2. The van der Waals surface area contributed by atoms with Crippen LogP contribution in [0.2, 0.25) is 0 Å². The molecule has 5 heteroatoms. The van der Waals surface area contributed by atoms with Crippen molar-refractivity contribution in [2.24, 2.45) is 0 Å². The second kappa shape index (κ2) is 2.74. The maximum Gasteiger partial charge on any atom is 0.308 e. The van der Waals surface area contributed by atoms with Crippen molar-refractivity contribution in [1.29, 1.82) is 0 Å². The van der Waals surface area contributed by atoms with Gasteiger partial charge in [-0.3, -0.25) is 4.79 Å². The third kappa shape index (κ3) is 1.51. The average Bonchev–Trinajstić information content (AvgIpc) is 2.15. The Morgan fingerprint density at radius 1 is 1.80 bits per heavy atom. The highest BCUT2D eigenvalue weighted by atomic mass is 32.1. The summed E-state index contributed by atoms with van der Waals surface area (Å²) in [5.74, 6) is -0.839. The van der Waals surface area contributed by atoms with Crippen molar-refractivity contribution in [2.45, 2.75) is 13.3 Å². The van der Waals surface area contributed by atoms with Gasteiger partial charge >= 0.3 is 5.97 Å². The fraction of sp³-hybridized carbons (Fsp3) is 0.400. The molecule has 1 aromatic rings. The van der Waals surface area contributed by atoms with Crippen molar-refractivity contribution in [1.82, 2.24) is 9.59 Å². The number of aryl methyl sites for hydroxylation is 1. The average molecular weight is 158 g/mol. The normalized spacial score (nSPS) is 9.70. The van der Waals surface area contributed by atoms with Crippen molar-refractivity contribution in [2.75, 3.05) is 0 Å². The predicted octanol–water partition coefficient (Wildman–Crippen LogP) is 0.474. The maximum absolute atomic E-state index is 10.2. The maximum atomic E-state index is 10.2. The Labute approximate surface area is 61.7 Å². The third-order valence-corrected chi connectivity index (χ3v) is 1.88. The van der Waals surface area contributed by atoms with E-state index in [1.54, 1.807) is 6.92 Å². The van der Waals surface area contributed by atoms with Gasteiger partial charge in [-0.1, -0.05) is 4.49 Å². The number of carboxylic acid groups (broad SMARTS) is 1. The standard InChI is InChI=1S/C5H6N2O2S/c1-3-4(2-5(8)9)10-7-6-3/h2H2,1H3,(H,8,9). The van der Waals surface area contributed by atoms with Crippen LogP contribution in [-0.4, -0.2) is 20.7 Å². The Morgan fingerprint density at radius 2 is 2.50 bits per heavy atom. The molecule has 10 heavy (non-hydrogen) atoms. The minimum atomic E-state index is -0.839. The number of hydrogen-bond acceptors (Lipinski definition) is 4. The SMILES string of the molecule is Cc1nnsc1CC(=O)O. The van der Waals surface area contributed by atoms with Gasteiger partial charge in [0.25, 0.3) is 0 Å². The molecule has 0 radical (unpaired) electrons. The lowest BCUT2D eigenvalue weighted by Crippen LogP contribution is -1.99. The van der Waals surface area contributed by atoms with E-state index in [0.29, 0.717) is 5.69 Å². The van der Waals surface area contributed by atoms with Gasteiger partial charge in [0.15, 0.2) is 0 Å². The zero-order valence-electron chi connectivity index (χ0n) is 5.37. The van der Waals surface area contributed by atoms with Crippen LogP contribution in [0.25, 0.3) is 0 Å². The Morgan fingerprint density at radius 3 is 2.90 bits per heavy atom. The third-order valence-electron chi connectivity index (χ3n) is 1.06. The molecule has 0 fully saturated rings. The summed E-state index contributed by atoms with van der Waals surface area (Å²) in [5.41, 5.74) is 0.715. The molecule has 0 saturated carbocycles. The topological polar surface area (TPSA) is 63.1 Å². The Balaban J connectivity index is 2.74. The summed E-state index contributed by atoms with van der Waals surface area (Å²) in [5, 5.41) is 12.0. The smallest absolute Gasteiger partial charge is 0.308 e. The fourth-order valence-corrected chi connectivity index (χ4v) is 1.17. The second-order valence-electron chi connectivity index (χ2n) is 1.85. The van der Waals surface area contributed by atoms with E-state index < -0.39 is 5.97 Å². The molecule has 1 N–H and O–H groups in total. The van der Waals surface area contributed by atoms with E-state index in [2.05, 4.69) is 9.59 Å². The highest BCUT2D eigenvalue weighted by Gasteiger charge is 2.06. The molecular weight excluding hydrogens is 152 g/mol. The Hall–Kier alpha value is -0.970. The van der Waals surface area contributed by atoms with Gasteiger partial charge in [-0.25, -0.2) is 0 Å². The van der Waals surface area contributed by atoms with E-state index in [1.165, 1.54) is 0 Å². The number of hydrogen-bond donors (Lipinski definition) is 1. The summed E-state index contributed by atoms with van der Waals surface area (Å²) in [6.07, 6.45) is 0.0312. The molecular formula is C5H6N2O2S. The molecule has 0 aliphatic rings. The molecule has 1 heterocycles. The van der Waals surface area contributed by atoms with Crippen molar-refractivity contribution in [3.05, 3.63) is 10.6 Å². The molecule has 0 atom stereocenters. The first-order valence-corrected chi connectivity index (χ1v) is 3.47. The molecule has 0 aromatic carbocycles. The van der Waals surface area contributed by atoms with E-state index >= 15 is 0 Å². The van der Waals surface area contributed by atoms with Gasteiger partial charge in [0.05, 0.1) is 17.0 Å². The van der Waals surface area contributed by atoms with Crippen LogP contribution in [0.4, 0.5) is 0 Å². The molecule has 0 unspecified atom stereocenters. The second-order valence-corrected chi connectivity index (χ2v) is 2.69. The molecule has 4 nitrogen and oxygen atoms in total. The van der Waals surface area contributed by atoms with Gasteiger partial charge < -0.3 is 5.11 Å². The summed E-state index contributed by atoms with van der Waals surface area (Å²) in [7, 11) is 0. The van der Waals surface area contributed by atoms with Crippen LogP contribution in [0.15, 0.2) is 0 Å². The predicted molar refractivity (Wildman–Crippen MR) is 36.0 cm³/mol. The minimum absolute atomic E-state index is 0.0312. The first kappa shape index (κ1) is 7.14. The number of rotatable bonds is 2. The largest absolute Gasteiger partial charge is 0.481 e. The number of aliphatic carboxylic acids is 1. The molecule has 0 saturated heterocycles. The van der Waals surface area contributed by atoms with Gasteiger partial charge in [0, 0.05) is 0 Å². The van der Waals surface area contributed by atoms with Gasteiger partial charge in [-0.2, -0.15) is 0 Å². The molecule has 0 aliphatic heterocycles. The summed E-state index contributed by atoms with van der Waals surface area (Å²) in [4.78, 5) is 10.9. The summed E-state index contributed by atoms with van der Waals surface area (Å²) < 4.78 is 3.60.